The van der Waals surface area contributed by atoms with Crippen molar-refractivity contribution in [2.45, 2.75) is 12.2 Å². The number of carboxylic acid groups (broad SMARTS) is 1. The third kappa shape index (κ3) is 4.58. The van der Waals surface area contributed by atoms with Gasteiger partial charge in [0, 0.05) is 0 Å². The lowest BCUT2D eigenvalue weighted by atomic mass is 9.78. The van der Waals surface area contributed by atoms with Crippen LogP contribution in [-0.4, -0.2) is 25.3 Å². The first-order valence-corrected chi connectivity index (χ1v) is 3.33. The van der Waals surface area contributed by atoms with Gasteiger partial charge in [-0.05, 0) is 6.42 Å². The van der Waals surface area contributed by atoms with Gasteiger partial charge in [0.05, 0.1) is 12.5 Å². The normalized spacial score (nSPS) is 12.1. The maximum absolute atomic E-state index is 10.4. The summed E-state index contributed by atoms with van der Waals surface area (Å²) < 4.78 is 4.76. The van der Waals surface area contributed by atoms with Crippen LogP contribution in [-0.2, 0) is 9.45 Å². The molecule has 1 atom stereocenters. The van der Waals surface area contributed by atoms with Gasteiger partial charge in [0.25, 0.3) is 7.48 Å². The molecule has 11 heavy (non-hydrogen) atoms. The molecule has 0 aromatic rings. The van der Waals surface area contributed by atoms with Crippen molar-refractivity contribution in [1.29, 1.82) is 0 Å². The summed E-state index contributed by atoms with van der Waals surface area (Å²) in [4.78, 5) is 10.4. The lowest BCUT2D eigenvalue weighted by Gasteiger charge is -2.06. The maximum atomic E-state index is 10.4. The molecule has 0 aliphatic carbocycles. The molecule has 1 unspecified atom stereocenters. The fourth-order valence-electron chi connectivity index (χ4n) is 0.652. The molecule has 0 bridgehead atoms. The van der Waals surface area contributed by atoms with Crippen LogP contribution in [0.25, 0.3) is 0 Å². The second-order valence-electron chi connectivity index (χ2n) is 2.10. The number of rotatable bonds is 6. The van der Waals surface area contributed by atoms with E-state index >= 15 is 0 Å². The van der Waals surface area contributed by atoms with Gasteiger partial charge in [-0.25, -0.2) is 0 Å². The van der Waals surface area contributed by atoms with Crippen molar-refractivity contribution < 1.29 is 14.6 Å². The summed E-state index contributed by atoms with van der Waals surface area (Å²) >= 11 is 0. The zero-order chi connectivity index (χ0) is 8.69. The highest BCUT2D eigenvalue weighted by Crippen LogP contribution is 2.09. The number of aliphatic carboxylic acids is 1. The molecular weight excluding hydrogens is 145 g/mol. The van der Waals surface area contributed by atoms with Crippen molar-refractivity contribution in [3.63, 3.8) is 0 Å². The molecule has 4 nitrogen and oxygen atoms in total. The largest absolute Gasteiger partial charge is 0.481 e. The van der Waals surface area contributed by atoms with Crippen molar-refractivity contribution in [1.82, 2.24) is 0 Å². The molecule has 0 aliphatic rings. The molecule has 0 spiro atoms. The molecule has 0 saturated heterocycles. The molecule has 0 aromatic heterocycles. The quantitative estimate of drug-likeness (QED) is 0.316. The van der Waals surface area contributed by atoms with Gasteiger partial charge in [0.15, 0.2) is 0 Å². The van der Waals surface area contributed by atoms with Crippen molar-refractivity contribution in [2.75, 3.05) is 6.73 Å². The van der Waals surface area contributed by atoms with E-state index in [0.717, 1.165) is 0 Å². The molecule has 0 radical (unpaired) electrons. The Labute approximate surface area is 66.3 Å². The van der Waals surface area contributed by atoms with Gasteiger partial charge < -0.3 is 15.5 Å². The summed E-state index contributed by atoms with van der Waals surface area (Å²) in [5.41, 5.74) is 5.03. The van der Waals surface area contributed by atoms with E-state index < -0.39 is 11.8 Å². The predicted molar refractivity (Wildman–Crippen MR) is 43.5 cm³/mol. The Morgan fingerprint density at radius 1 is 1.91 bits per heavy atom. The van der Waals surface area contributed by atoms with E-state index in [1.807, 2.05) is 0 Å². The molecule has 0 heterocycles. The van der Waals surface area contributed by atoms with E-state index in [-0.39, 0.29) is 14.2 Å². The highest BCUT2D eigenvalue weighted by molar-refractivity contribution is 6.36. The summed E-state index contributed by atoms with van der Waals surface area (Å²) in [7, 11) is 0.151. The van der Waals surface area contributed by atoms with E-state index in [1.165, 1.54) is 0 Å². The van der Waals surface area contributed by atoms with Gasteiger partial charge in [-0.2, -0.15) is 0 Å². The number of carboxylic acids is 1. The number of allylic oxidation sites excluding steroid dienone is 1. The van der Waals surface area contributed by atoms with E-state index in [9.17, 15) is 4.79 Å². The third-order valence-electron chi connectivity index (χ3n) is 1.24. The van der Waals surface area contributed by atoms with Crippen molar-refractivity contribution in [3.05, 3.63) is 12.7 Å². The topological polar surface area (TPSA) is 72.5 Å². The van der Waals surface area contributed by atoms with Gasteiger partial charge in [0.2, 0.25) is 0 Å². The van der Waals surface area contributed by atoms with E-state index in [0.29, 0.717) is 6.42 Å². The van der Waals surface area contributed by atoms with Crippen LogP contribution >= 0.6 is 0 Å². The van der Waals surface area contributed by atoms with Crippen LogP contribution in [0.2, 0.25) is 5.82 Å². The van der Waals surface area contributed by atoms with Crippen LogP contribution in [0.5, 0.6) is 0 Å². The Kier molecular flexibility index (Phi) is 5.51. The maximum Gasteiger partial charge on any atom is 0.301 e. The average Bonchev–Trinajstić information content (AvgIpc) is 1.97. The summed E-state index contributed by atoms with van der Waals surface area (Å²) in [6, 6.07) is 0. The molecule has 0 amide bonds. The lowest BCUT2D eigenvalue weighted by Crippen LogP contribution is -2.19. The highest BCUT2D eigenvalue weighted by atomic mass is 16.4. The summed E-state index contributed by atoms with van der Waals surface area (Å²) in [6.45, 7) is 3.50. The number of hydrogen-bond acceptors (Lipinski definition) is 3. The summed E-state index contributed by atoms with van der Waals surface area (Å²) in [5, 5.41) is 8.56. The van der Waals surface area contributed by atoms with Gasteiger partial charge in [0.1, 0.15) is 0 Å². The zero-order valence-electron chi connectivity index (χ0n) is 6.32. The van der Waals surface area contributed by atoms with Crippen molar-refractivity contribution in [2.24, 2.45) is 5.73 Å². The van der Waals surface area contributed by atoms with Crippen LogP contribution in [0.1, 0.15) is 6.42 Å². The molecule has 62 valence electrons. The first-order valence-electron chi connectivity index (χ1n) is 3.33. The zero-order valence-corrected chi connectivity index (χ0v) is 6.32. The minimum Gasteiger partial charge on any atom is -0.481 e. The Bertz CT molecular complexity index is 140. The minimum absolute atomic E-state index is 0.0565. The number of nitrogens with two attached hydrogens (primary N) is 1. The van der Waals surface area contributed by atoms with Crippen molar-refractivity contribution >= 4 is 13.5 Å². The van der Waals surface area contributed by atoms with Crippen LogP contribution in [0.15, 0.2) is 12.7 Å². The Morgan fingerprint density at radius 2 is 2.55 bits per heavy atom. The molecule has 5 heteroatoms. The third-order valence-corrected chi connectivity index (χ3v) is 1.24. The standard InChI is InChI=1S/C6H12BNO3/c1-2-3-5(6(9)10)7-11-4-8/h2,5,7H,1,3-4,8H2,(H,9,10). The molecule has 3 N–H and O–H groups in total. The smallest absolute Gasteiger partial charge is 0.301 e. The molecule has 0 fully saturated rings. The fraction of sp³-hybridized carbons (Fsp3) is 0.500. The number of carbonyl (C=O) groups is 1. The average molecular weight is 157 g/mol. The Balaban J connectivity index is 3.69. The second-order valence-corrected chi connectivity index (χ2v) is 2.10. The monoisotopic (exact) mass is 157 g/mol. The SMILES string of the molecule is C=CCC(BOCN)C(=O)O. The van der Waals surface area contributed by atoms with E-state index in [1.54, 1.807) is 6.08 Å². The van der Waals surface area contributed by atoms with Crippen LogP contribution in [0, 0.1) is 0 Å². The van der Waals surface area contributed by atoms with Gasteiger partial charge in [-0.1, -0.05) is 6.08 Å². The molecule has 0 rings (SSSR count). The molecule has 0 saturated carbocycles. The van der Waals surface area contributed by atoms with Crippen molar-refractivity contribution in [3.8, 4) is 0 Å². The molecular formula is C6H12BNO3. The van der Waals surface area contributed by atoms with Crippen LogP contribution in [0.4, 0.5) is 0 Å². The first-order chi connectivity index (χ1) is 5.22. The Hall–Kier alpha value is -0.805. The van der Waals surface area contributed by atoms with E-state index in [2.05, 4.69) is 6.58 Å². The highest BCUT2D eigenvalue weighted by Gasteiger charge is 2.17. The summed E-state index contributed by atoms with van der Waals surface area (Å²) in [5.74, 6) is -1.39. The van der Waals surface area contributed by atoms with E-state index in [4.69, 9.17) is 15.5 Å². The molecule has 0 aliphatic heterocycles. The number of hydrogen-bond donors (Lipinski definition) is 2. The van der Waals surface area contributed by atoms with Crippen LogP contribution < -0.4 is 5.73 Å². The Morgan fingerprint density at radius 3 is 2.91 bits per heavy atom. The second kappa shape index (κ2) is 5.94. The molecule has 0 aromatic carbocycles. The fourth-order valence-corrected chi connectivity index (χ4v) is 0.652. The lowest BCUT2D eigenvalue weighted by molar-refractivity contribution is -0.137. The van der Waals surface area contributed by atoms with Crippen LogP contribution in [0.3, 0.4) is 0 Å². The predicted octanol–water partition coefficient (Wildman–Crippen LogP) is -0.280. The van der Waals surface area contributed by atoms with Gasteiger partial charge in [-0.15, -0.1) is 6.58 Å². The first kappa shape index (κ1) is 10.2. The summed E-state index contributed by atoms with van der Waals surface area (Å²) in [6.07, 6.45) is 1.97. The van der Waals surface area contributed by atoms with Gasteiger partial charge >= 0.3 is 5.97 Å². The minimum atomic E-state index is -0.877. The van der Waals surface area contributed by atoms with Gasteiger partial charge in [-0.3, -0.25) is 4.79 Å².